The van der Waals surface area contributed by atoms with Gasteiger partial charge in [0, 0.05) is 43.2 Å². The molecule has 3 amide bonds. The molecule has 2 aliphatic rings. The van der Waals surface area contributed by atoms with E-state index < -0.39 is 0 Å². The van der Waals surface area contributed by atoms with Crippen LogP contribution >= 0.6 is 0 Å². The highest BCUT2D eigenvalue weighted by Crippen LogP contribution is 2.28. The Morgan fingerprint density at radius 1 is 1.13 bits per heavy atom. The largest absolute Gasteiger partial charge is 0.494 e. The van der Waals surface area contributed by atoms with Crippen LogP contribution in [0.15, 0.2) is 24.3 Å². The first-order valence-corrected chi connectivity index (χ1v) is 10.8. The molecule has 0 aliphatic carbocycles. The molecule has 1 unspecified atom stereocenters. The molecule has 2 saturated heterocycles. The summed E-state index contributed by atoms with van der Waals surface area (Å²) >= 11 is 0. The second-order valence-electron chi connectivity index (χ2n) is 9.11. The van der Waals surface area contributed by atoms with Gasteiger partial charge in [-0.1, -0.05) is 0 Å². The van der Waals surface area contributed by atoms with Crippen molar-refractivity contribution in [3.8, 4) is 5.75 Å². The van der Waals surface area contributed by atoms with Crippen LogP contribution in [0.4, 0.5) is 0 Å². The van der Waals surface area contributed by atoms with Gasteiger partial charge in [-0.15, -0.1) is 0 Å². The van der Waals surface area contributed by atoms with Gasteiger partial charge in [0.15, 0.2) is 0 Å². The standard InChI is InChI=1S/C23H33N3O4/c1-5-30-19-8-6-16(7-9-19)21(28)24-18-10-12-25(13-11-18)22(29)17-14-20(27)26(15-17)23(2,3)4/h6-9,17-18H,5,10-15H2,1-4H3,(H,24,28). The Kier molecular flexibility index (Phi) is 6.68. The van der Waals surface area contributed by atoms with E-state index in [1.807, 2.05) is 32.6 Å². The maximum atomic E-state index is 12.9. The van der Waals surface area contributed by atoms with Gasteiger partial charge in [0.05, 0.1) is 12.5 Å². The number of nitrogens with zero attached hydrogens (tertiary/aromatic N) is 2. The SMILES string of the molecule is CCOc1ccc(C(=O)NC2CCN(C(=O)C3CC(=O)N(C(C)(C)C)C3)CC2)cc1. The van der Waals surface area contributed by atoms with E-state index in [1.165, 1.54) is 0 Å². The average Bonchev–Trinajstić information content (AvgIpc) is 3.11. The van der Waals surface area contributed by atoms with Gasteiger partial charge < -0.3 is 19.9 Å². The highest BCUT2D eigenvalue weighted by molar-refractivity contribution is 5.94. The fourth-order valence-electron chi connectivity index (χ4n) is 4.16. The van der Waals surface area contributed by atoms with Crippen molar-refractivity contribution in [1.29, 1.82) is 0 Å². The fraction of sp³-hybridized carbons (Fsp3) is 0.609. The van der Waals surface area contributed by atoms with Crippen molar-refractivity contribution in [2.45, 2.75) is 58.5 Å². The number of likely N-dealkylation sites (tertiary alicyclic amines) is 2. The van der Waals surface area contributed by atoms with Crippen molar-refractivity contribution >= 4 is 17.7 Å². The molecule has 30 heavy (non-hydrogen) atoms. The summed E-state index contributed by atoms with van der Waals surface area (Å²) in [5, 5.41) is 3.07. The molecule has 1 atom stereocenters. The molecule has 3 rings (SSSR count). The Balaban J connectivity index is 1.48. The highest BCUT2D eigenvalue weighted by Gasteiger charge is 2.41. The predicted octanol–water partition coefficient (Wildman–Crippen LogP) is 2.45. The van der Waals surface area contributed by atoms with Gasteiger partial charge >= 0.3 is 0 Å². The molecule has 0 radical (unpaired) electrons. The number of hydrogen-bond donors (Lipinski definition) is 1. The summed E-state index contributed by atoms with van der Waals surface area (Å²) in [7, 11) is 0. The van der Waals surface area contributed by atoms with E-state index in [1.54, 1.807) is 29.2 Å². The molecule has 1 N–H and O–H groups in total. The number of nitrogens with one attached hydrogen (secondary N) is 1. The lowest BCUT2D eigenvalue weighted by molar-refractivity contribution is -0.136. The van der Waals surface area contributed by atoms with Crippen LogP contribution in [0.25, 0.3) is 0 Å². The first-order chi connectivity index (χ1) is 14.2. The van der Waals surface area contributed by atoms with Crippen molar-refractivity contribution in [2.24, 2.45) is 5.92 Å². The summed E-state index contributed by atoms with van der Waals surface area (Å²) in [6.45, 7) is 10.2. The summed E-state index contributed by atoms with van der Waals surface area (Å²) < 4.78 is 5.41. The van der Waals surface area contributed by atoms with Crippen molar-refractivity contribution < 1.29 is 19.1 Å². The van der Waals surface area contributed by atoms with Gasteiger partial charge in [-0.2, -0.15) is 0 Å². The lowest BCUT2D eigenvalue weighted by Gasteiger charge is -2.35. The minimum atomic E-state index is -0.260. The van der Waals surface area contributed by atoms with Gasteiger partial charge in [0.1, 0.15) is 5.75 Å². The van der Waals surface area contributed by atoms with Gasteiger partial charge in [-0.25, -0.2) is 0 Å². The highest BCUT2D eigenvalue weighted by atomic mass is 16.5. The van der Waals surface area contributed by atoms with Gasteiger partial charge in [0.2, 0.25) is 11.8 Å². The topological polar surface area (TPSA) is 79.0 Å². The number of ether oxygens (including phenoxy) is 1. The minimum Gasteiger partial charge on any atom is -0.494 e. The zero-order valence-electron chi connectivity index (χ0n) is 18.4. The first-order valence-electron chi connectivity index (χ1n) is 10.8. The number of rotatable bonds is 5. The number of piperidine rings is 1. The first kappa shape index (κ1) is 22.1. The second-order valence-corrected chi connectivity index (χ2v) is 9.11. The van der Waals surface area contributed by atoms with E-state index in [0.717, 1.165) is 18.6 Å². The molecule has 164 valence electrons. The molecule has 0 aromatic heterocycles. The van der Waals surface area contributed by atoms with Gasteiger partial charge in [0.25, 0.3) is 5.91 Å². The third kappa shape index (κ3) is 5.12. The van der Waals surface area contributed by atoms with E-state index >= 15 is 0 Å². The predicted molar refractivity (Wildman–Crippen MR) is 114 cm³/mol. The van der Waals surface area contributed by atoms with Crippen LogP contribution < -0.4 is 10.1 Å². The number of carbonyl (C=O) groups is 3. The van der Waals surface area contributed by atoms with Crippen molar-refractivity contribution in [1.82, 2.24) is 15.1 Å². The fourth-order valence-corrected chi connectivity index (χ4v) is 4.16. The summed E-state index contributed by atoms with van der Waals surface area (Å²) in [5.41, 5.74) is 0.341. The van der Waals surface area contributed by atoms with E-state index in [9.17, 15) is 14.4 Å². The molecule has 0 saturated carbocycles. The molecule has 0 spiro atoms. The third-order valence-electron chi connectivity index (χ3n) is 5.85. The van der Waals surface area contributed by atoms with Crippen molar-refractivity contribution in [3.05, 3.63) is 29.8 Å². The van der Waals surface area contributed by atoms with Crippen LogP contribution in [0.3, 0.4) is 0 Å². The smallest absolute Gasteiger partial charge is 0.251 e. The molecule has 2 aliphatic heterocycles. The summed E-state index contributed by atoms with van der Waals surface area (Å²) in [6.07, 6.45) is 1.74. The van der Waals surface area contributed by atoms with Crippen LogP contribution in [0.5, 0.6) is 5.75 Å². The number of hydrogen-bond acceptors (Lipinski definition) is 4. The summed E-state index contributed by atoms with van der Waals surface area (Å²) in [5.74, 6) is 0.498. The lowest BCUT2D eigenvalue weighted by Crippen LogP contribution is -2.48. The van der Waals surface area contributed by atoms with Crippen LogP contribution in [0, 0.1) is 5.92 Å². The number of carbonyl (C=O) groups excluding carboxylic acids is 3. The minimum absolute atomic E-state index is 0.0457. The lowest BCUT2D eigenvalue weighted by atomic mass is 10.0. The Morgan fingerprint density at radius 2 is 1.77 bits per heavy atom. The zero-order chi connectivity index (χ0) is 21.9. The van der Waals surface area contributed by atoms with Crippen LogP contribution in [-0.2, 0) is 9.59 Å². The maximum absolute atomic E-state index is 12.9. The van der Waals surface area contributed by atoms with Crippen LogP contribution in [-0.4, -0.2) is 65.3 Å². The zero-order valence-corrected chi connectivity index (χ0v) is 18.4. The molecule has 1 aromatic rings. The molecule has 0 bridgehead atoms. The van der Waals surface area contributed by atoms with Crippen LogP contribution in [0.2, 0.25) is 0 Å². The monoisotopic (exact) mass is 415 g/mol. The van der Waals surface area contributed by atoms with E-state index in [0.29, 0.717) is 38.2 Å². The number of amides is 3. The van der Waals surface area contributed by atoms with Crippen LogP contribution in [0.1, 0.15) is 57.3 Å². The molecule has 1 aromatic carbocycles. The van der Waals surface area contributed by atoms with Crippen molar-refractivity contribution in [3.63, 3.8) is 0 Å². The number of benzene rings is 1. The van der Waals surface area contributed by atoms with Gasteiger partial charge in [-0.05, 0) is 64.8 Å². The molecule has 2 heterocycles. The Bertz CT molecular complexity index is 777. The molecule has 7 nitrogen and oxygen atoms in total. The van der Waals surface area contributed by atoms with Gasteiger partial charge in [-0.3, -0.25) is 14.4 Å². The van der Waals surface area contributed by atoms with Crippen molar-refractivity contribution in [2.75, 3.05) is 26.2 Å². The molecule has 7 heteroatoms. The second kappa shape index (κ2) is 9.06. The Hall–Kier alpha value is -2.57. The Labute approximate surface area is 178 Å². The van der Waals surface area contributed by atoms with E-state index in [2.05, 4.69) is 5.32 Å². The Morgan fingerprint density at radius 3 is 2.30 bits per heavy atom. The quantitative estimate of drug-likeness (QED) is 0.801. The summed E-state index contributed by atoms with van der Waals surface area (Å²) in [6, 6.07) is 7.16. The molecule has 2 fully saturated rings. The van der Waals surface area contributed by atoms with E-state index in [4.69, 9.17) is 4.74 Å². The summed E-state index contributed by atoms with van der Waals surface area (Å²) in [4.78, 5) is 41.3. The third-order valence-corrected chi connectivity index (χ3v) is 5.85. The van der Waals surface area contributed by atoms with E-state index in [-0.39, 0.29) is 35.2 Å². The molecular weight excluding hydrogens is 382 g/mol. The molecular formula is C23H33N3O4. The maximum Gasteiger partial charge on any atom is 0.251 e. The normalized spacial score (nSPS) is 20.4. The average molecular weight is 416 g/mol.